The Morgan fingerprint density at radius 3 is 2.61 bits per heavy atom. The number of nitriles is 1. The first kappa shape index (κ1) is 11.9. The molecule has 0 spiro atoms. The largest absolute Gasteiger partial charge is 0.439 e. The number of aromatic nitrogens is 2. The van der Waals surface area contributed by atoms with Gasteiger partial charge in [-0.05, 0) is 31.2 Å². The van der Waals surface area contributed by atoms with Crippen LogP contribution < -0.4 is 4.74 Å². The zero-order valence-corrected chi connectivity index (χ0v) is 10.0. The minimum atomic E-state index is 0.396. The van der Waals surface area contributed by atoms with E-state index in [1.54, 1.807) is 38.2 Å². The van der Waals surface area contributed by atoms with Gasteiger partial charge in [-0.3, -0.25) is 4.79 Å². The molecule has 0 aliphatic rings. The SMILES string of the molecule is Cc1nn(C)c(Oc2ccc(C#N)cc2)c1C=O. The molecule has 2 aromatic rings. The highest BCUT2D eigenvalue weighted by Gasteiger charge is 2.14. The van der Waals surface area contributed by atoms with Gasteiger partial charge in [0, 0.05) is 7.05 Å². The Morgan fingerprint density at radius 2 is 2.06 bits per heavy atom. The maximum Gasteiger partial charge on any atom is 0.228 e. The summed E-state index contributed by atoms with van der Waals surface area (Å²) in [4.78, 5) is 11.0. The van der Waals surface area contributed by atoms with Gasteiger partial charge in [0.05, 0.1) is 22.9 Å². The lowest BCUT2D eigenvalue weighted by Gasteiger charge is -2.06. The van der Waals surface area contributed by atoms with E-state index in [-0.39, 0.29) is 0 Å². The standard InChI is InChI=1S/C13H11N3O2/c1-9-12(8-17)13(16(2)15-9)18-11-5-3-10(7-14)4-6-11/h3-6,8H,1-2H3. The first-order chi connectivity index (χ1) is 8.65. The van der Waals surface area contributed by atoms with E-state index < -0.39 is 0 Å². The van der Waals surface area contributed by atoms with Crippen LogP contribution in [0.15, 0.2) is 24.3 Å². The van der Waals surface area contributed by atoms with E-state index in [0.29, 0.717) is 28.5 Å². The van der Waals surface area contributed by atoms with E-state index in [0.717, 1.165) is 6.29 Å². The number of carbonyl (C=O) groups excluding carboxylic acids is 1. The normalized spacial score (nSPS) is 9.83. The van der Waals surface area contributed by atoms with E-state index in [1.807, 2.05) is 6.07 Å². The molecule has 0 radical (unpaired) electrons. The van der Waals surface area contributed by atoms with Crippen LogP contribution in [0, 0.1) is 18.3 Å². The van der Waals surface area contributed by atoms with Crippen LogP contribution in [0.5, 0.6) is 11.6 Å². The summed E-state index contributed by atoms with van der Waals surface area (Å²) in [5, 5.41) is 12.8. The molecule has 18 heavy (non-hydrogen) atoms. The summed E-state index contributed by atoms with van der Waals surface area (Å²) in [6, 6.07) is 8.68. The van der Waals surface area contributed by atoms with Gasteiger partial charge in [0.2, 0.25) is 5.88 Å². The predicted octanol–water partition coefficient (Wildman–Crippen LogP) is 2.21. The predicted molar refractivity (Wildman–Crippen MR) is 64.6 cm³/mol. The molecule has 0 aliphatic heterocycles. The molecular formula is C13H11N3O2. The van der Waals surface area contributed by atoms with Crippen molar-refractivity contribution in [2.24, 2.45) is 7.05 Å². The molecule has 5 heteroatoms. The lowest BCUT2D eigenvalue weighted by atomic mass is 10.2. The first-order valence-corrected chi connectivity index (χ1v) is 5.32. The third kappa shape index (κ3) is 2.09. The molecule has 0 N–H and O–H groups in total. The number of nitrogens with zero attached hydrogens (tertiary/aromatic N) is 3. The van der Waals surface area contributed by atoms with Gasteiger partial charge in [0.1, 0.15) is 5.75 Å². The number of benzene rings is 1. The van der Waals surface area contributed by atoms with E-state index in [2.05, 4.69) is 5.10 Å². The monoisotopic (exact) mass is 241 g/mol. The Balaban J connectivity index is 2.34. The molecule has 0 saturated carbocycles. The maximum atomic E-state index is 11.0. The lowest BCUT2D eigenvalue weighted by Crippen LogP contribution is -1.96. The fraction of sp³-hybridized carbons (Fsp3) is 0.154. The Kier molecular flexibility index (Phi) is 3.11. The van der Waals surface area contributed by atoms with Gasteiger partial charge in [-0.1, -0.05) is 0 Å². The topological polar surface area (TPSA) is 67.9 Å². The van der Waals surface area contributed by atoms with E-state index in [9.17, 15) is 4.79 Å². The average molecular weight is 241 g/mol. The Hall–Kier alpha value is -2.61. The van der Waals surface area contributed by atoms with Crippen LogP contribution in [-0.2, 0) is 7.05 Å². The highest BCUT2D eigenvalue weighted by atomic mass is 16.5. The molecule has 0 fully saturated rings. The van der Waals surface area contributed by atoms with Gasteiger partial charge in [0.25, 0.3) is 0 Å². The molecule has 0 amide bonds. The summed E-state index contributed by atoms with van der Waals surface area (Å²) in [6.07, 6.45) is 0.724. The van der Waals surface area contributed by atoms with Crippen LogP contribution in [0.3, 0.4) is 0 Å². The molecule has 0 saturated heterocycles. The summed E-state index contributed by atoms with van der Waals surface area (Å²) in [5.41, 5.74) is 1.61. The van der Waals surface area contributed by atoms with E-state index in [1.165, 1.54) is 4.68 Å². The van der Waals surface area contributed by atoms with Gasteiger partial charge in [0.15, 0.2) is 6.29 Å². The first-order valence-electron chi connectivity index (χ1n) is 5.32. The second kappa shape index (κ2) is 4.72. The highest BCUT2D eigenvalue weighted by molar-refractivity contribution is 5.80. The van der Waals surface area contributed by atoms with Gasteiger partial charge in [-0.2, -0.15) is 10.4 Å². The number of aryl methyl sites for hydroxylation is 2. The summed E-state index contributed by atoms with van der Waals surface area (Å²) in [6.45, 7) is 1.75. The molecular weight excluding hydrogens is 230 g/mol. The van der Waals surface area contributed by atoms with Gasteiger partial charge < -0.3 is 4.74 Å². The van der Waals surface area contributed by atoms with Crippen LogP contribution in [0.25, 0.3) is 0 Å². The van der Waals surface area contributed by atoms with Gasteiger partial charge >= 0.3 is 0 Å². The number of aldehydes is 1. The van der Waals surface area contributed by atoms with Crippen LogP contribution in [-0.4, -0.2) is 16.1 Å². The Bertz CT molecular complexity index is 621. The van der Waals surface area contributed by atoms with Crippen molar-refractivity contribution in [1.82, 2.24) is 9.78 Å². The fourth-order valence-electron chi connectivity index (χ4n) is 1.62. The van der Waals surface area contributed by atoms with Crippen molar-refractivity contribution in [1.29, 1.82) is 5.26 Å². The minimum absolute atomic E-state index is 0.396. The molecule has 2 rings (SSSR count). The molecule has 1 aromatic carbocycles. The van der Waals surface area contributed by atoms with Crippen LogP contribution in [0.1, 0.15) is 21.6 Å². The molecule has 0 bridgehead atoms. The van der Waals surface area contributed by atoms with Crippen molar-refractivity contribution in [3.63, 3.8) is 0 Å². The van der Waals surface area contributed by atoms with Crippen molar-refractivity contribution >= 4 is 6.29 Å². The quantitative estimate of drug-likeness (QED) is 0.772. The summed E-state index contributed by atoms with van der Waals surface area (Å²) in [7, 11) is 1.71. The molecule has 1 heterocycles. The molecule has 0 atom stereocenters. The lowest BCUT2D eigenvalue weighted by molar-refractivity contribution is 0.112. The van der Waals surface area contributed by atoms with Gasteiger partial charge in [-0.25, -0.2) is 4.68 Å². The average Bonchev–Trinajstić information content (AvgIpc) is 2.64. The summed E-state index contributed by atoms with van der Waals surface area (Å²) < 4.78 is 7.12. The fourth-order valence-corrected chi connectivity index (χ4v) is 1.62. The van der Waals surface area contributed by atoms with Crippen molar-refractivity contribution < 1.29 is 9.53 Å². The Labute approximate surface area is 104 Å². The number of rotatable bonds is 3. The van der Waals surface area contributed by atoms with Gasteiger partial charge in [-0.15, -0.1) is 0 Å². The van der Waals surface area contributed by atoms with Crippen molar-refractivity contribution in [2.45, 2.75) is 6.92 Å². The number of carbonyl (C=O) groups is 1. The van der Waals surface area contributed by atoms with Crippen molar-refractivity contribution in [2.75, 3.05) is 0 Å². The highest BCUT2D eigenvalue weighted by Crippen LogP contribution is 2.25. The van der Waals surface area contributed by atoms with Crippen LogP contribution in [0.2, 0.25) is 0 Å². The Morgan fingerprint density at radius 1 is 1.39 bits per heavy atom. The van der Waals surface area contributed by atoms with Crippen molar-refractivity contribution in [3.8, 4) is 17.7 Å². The third-order valence-electron chi connectivity index (χ3n) is 2.53. The zero-order chi connectivity index (χ0) is 13.1. The molecule has 1 aromatic heterocycles. The van der Waals surface area contributed by atoms with E-state index >= 15 is 0 Å². The van der Waals surface area contributed by atoms with Crippen LogP contribution >= 0.6 is 0 Å². The molecule has 0 aliphatic carbocycles. The second-order valence-electron chi connectivity index (χ2n) is 3.78. The maximum absolute atomic E-state index is 11.0. The number of ether oxygens (including phenoxy) is 1. The summed E-state index contributed by atoms with van der Waals surface area (Å²) >= 11 is 0. The van der Waals surface area contributed by atoms with Crippen molar-refractivity contribution in [3.05, 3.63) is 41.1 Å². The van der Waals surface area contributed by atoms with E-state index in [4.69, 9.17) is 10.00 Å². The molecule has 5 nitrogen and oxygen atoms in total. The van der Waals surface area contributed by atoms with Crippen LogP contribution in [0.4, 0.5) is 0 Å². The minimum Gasteiger partial charge on any atom is -0.439 e. The number of hydrogen-bond acceptors (Lipinski definition) is 4. The second-order valence-corrected chi connectivity index (χ2v) is 3.78. The molecule has 90 valence electrons. The smallest absolute Gasteiger partial charge is 0.228 e. The molecule has 0 unspecified atom stereocenters. The number of hydrogen-bond donors (Lipinski definition) is 0. The third-order valence-corrected chi connectivity index (χ3v) is 2.53. The zero-order valence-electron chi connectivity index (χ0n) is 10.0. The summed E-state index contributed by atoms with van der Waals surface area (Å²) in [5.74, 6) is 0.951.